The number of fused-ring (bicyclic) bond motifs is 1. The number of halogens is 1. The Morgan fingerprint density at radius 3 is 2.83 bits per heavy atom. The molecule has 152 valence electrons. The average molecular weight is 396 g/mol. The van der Waals surface area contributed by atoms with Crippen molar-refractivity contribution in [2.24, 2.45) is 0 Å². The molecule has 1 unspecified atom stereocenters. The number of hydrogen-bond donors (Lipinski definition) is 2. The Morgan fingerprint density at radius 2 is 2.14 bits per heavy atom. The average Bonchev–Trinajstić information content (AvgIpc) is 3.09. The van der Waals surface area contributed by atoms with Crippen LogP contribution in [0.2, 0.25) is 0 Å². The van der Waals surface area contributed by atoms with Crippen LogP contribution in [0.5, 0.6) is 0 Å². The van der Waals surface area contributed by atoms with Crippen LogP contribution in [0.25, 0.3) is 22.4 Å². The molecule has 0 saturated carbocycles. The van der Waals surface area contributed by atoms with Crippen LogP contribution in [0.4, 0.5) is 10.1 Å². The molecule has 6 nitrogen and oxygen atoms in total. The largest absolute Gasteiger partial charge is 0.378 e. The SMILES string of the molecule is Cc1cc(-c2nc3ccc(F)cc3n2C(C)C)ccc1NC(=O)C1COCCN1. The maximum atomic E-state index is 13.8. The molecule has 1 aromatic heterocycles. The van der Waals surface area contributed by atoms with Gasteiger partial charge in [0, 0.05) is 23.8 Å². The summed E-state index contributed by atoms with van der Waals surface area (Å²) in [5.74, 6) is 0.398. The third kappa shape index (κ3) is 3.88. The van der Waals surface area contributed by atoms with Crippen LogP contribution in [0.1, 0.15) is 25.5 Å². The fourth-order valence-corrected chi connectivity index (χ4v) is 3.69. The Labute approximate surface area is 169 Å². The van der Waals surface area contributed by atoms with Gasteiger partial charge in [-0.2, -0.15) is 0 Å². The number of nitrogens with one attached hydrogen (secondary N) is 2. The van der Waals surface area contributed by atoms with Gasteiger partial charge in [0.2, 0.25) is 5.91 Å². The Bertz CT molecular complexity index is 1050. The van der Waals surface area contributed by atoms with Crippen molar-refractivity contribution in [2.45, 2.75) is 32.9 Å². The number of hydrogen-bond acceptors (Lipinski definition) is 4. The molecule has 0 radical (unpaired) electrons. The Balaban J connectivity index is 1.66. The Kier molecular flexibility index (Phi) is 5.34. The summed E-state index contributed by atoms with van der Waals surface area (Å²) in [7, 11) is 0. The number of amides is 1. The quantitative estimate of drug-likeness (QED) is 0.706. The van der Waals surface area contributed by atoms with Crippen molar-refractivity contribution >= 4 is 22.6 Å². The zero-order valence-electron chi connectivity index (χ0n) is 16.8. The number of benzene rings is 2. The molecule has 0 bridgehead atoms. The predicted octanol–water partition coefficient (Wildman–Crippen LogP) is 3.66. The van der Waals surface area contributed by atoms with Crippen LogP contribution in [0.15, 0.2) is 36.4 Å². The van der Waals surface area contributed by atoms with Crippen molar-refractivity contribution in [3.05, 3.63) is 47.8 Å². The summed E-state index contributed by atoms with van der Waals surface area (Å²) in [6, 6.07) is 10.2. The summed E-state index contributed by atoms with van der Waals surface area (Å²) in [4.78, 5) is 17.2. The van der Waals surface area contributed by atoms with E-state index in [0.29, 0.717) is 19.8 Å². The summed E-state index contributed by atoms with van der Waals surface area (Å²) < 4.78 is 21.2. The molecular weight excluding hydrogens is 371 g/mol. The number of ether oxygens (including phenoxy) is 1. The number of nitrogens with zero attached hydrogens (tertiary/aromatic N) is 2. The third-order valence-corrected chi connectivity index (χ3v) is 5.15. The lowest BCUT2D eigenvalue weighted by molar-refractivity contribution is -0.120. The third-order valence-electron chi connectivity index (χ3n) is 5.15. The van der Waals surface area contributed by atoms with Gasteiger partial charge in [0.1, 0.15) is 17.7 Å². The molecule has 1 saturated heterocycles. The Morgan fingerprint density at radius 1 is 1.31 bits per heavy atom. The predicted molar refractivity (Wildman–Crippen MR) is 111 cm³/mol. The summed E-state index contributed by atoms with van der Waals surface area (Å²) >= 11 is 0. The molecule has 0 aliphatic carbocycles. The second-order valence-electron chi connectivity index (χ2n) is 7.63. The van der Waals surface area contributed by atoms with Crippen molar-refractivity contribution in [3.8, 4) is 11.4 Å². The monoisotopic (exact) mass is 396 g/mol. The first-order valence-corrected chi connectivity index (χ1v) is 9.84. The van der Waals surface area contributed by atoms with E-state index in [1.165, 1.54) is 12.1 Å². The van der Waals surface area contributed by atoms with E-state index in [2.05, 4.69) is 24.5 Å². The van der Waals surface area contributed by atoms with Gasteiger partial charge in [-0.25, -0.2) is 9.37 Å². The highest BCUT2D eigenvalue weighted by atomic mass is 19.1. The van der Waals surface area contributed by atoms with E-state index in [0.717, 1.165) is 33.7 Å². The molecule has 1 amide bonds. The first-order chi connectivity index (χ1) is 13.9. The highest BCUT2D eigenvalue weighted by molar-refractivity contribution is 5.96. The number of anilines is 1. The first-order valence-electron chi connectivity index (χ1n) is 9.84. The molecule has 4 rings (SSSR count). The van der Waals surface area contributed by atoms with Crippen LogP contribution < -0.4 is 10.6 Å². The number of imidazole rings is 1. The van der Waals surface area contributed by atoms with Crippen LogP contribution >= 0.6 is 0 Å². The fourth-order valence-electron chi connectivity index (χ4n) is 3.69. The van der Waals surface area contributed by atoms with E-state index >= 15 is 0 Å². The minimum atomic E-state index is -0.345. The molecule has 1 aliphatic heterocycles. The second-order valence-corrected chi connectivity index (χ2v) is 7.63. The van der Waals surface area contributed by atoms with Gasteiger partial charge in [0.05, 0.1) is 24.2 Å². The van der Waals surface area contributed by atoms with E-state index in [9.17, 15) is 9.18 Å². The summed E-state index contributed by atoms with van der Waals surface area (Å²) in [5, 5.41) is 6.13. The highest BCUT2D eigenvalue weighted by Gasteiger charge is 2.22. The van der Waals surface area contributed by atoms with E-state index in [-0.39, 0.29) is 23.8 Å². The number of aryl methyl sites for hydroxylation is 1. The number of carbonyl (C=O) groups excluding carboxylic acids is 1. The van der Waals surface area contributed by atoms with Gasteiger partial charge in [-0.1, -0.05) is 0 Å². The normalized spacial score (nSPS) is 17.1. The molecule has 7 heteroatoms. The van der Waals surface area contributed by atoms with Gasteiger partial charge in [-0.3, -0.25) is 4.79 Å². The van der Waals surface area contributed by atoms with E-state index in [4.69, 9.17) is 9.72 Å². The van der Waals surface area contributed by atoms with E-state index in [1.807, 2.05) is 29.7 Å². The molecule has 0 spiro atoms. The molecular formula is C22H25FN4O2. The van der Waals surface area contributed by atoms with Crippen molar-refractivity contribution in [3.63, 3.8) is 0 Å². The van der Waals surface area contributed by atoms with Crippen molar-refractivity contribution < 1.29 is 13.9 Å². The molecule has 2 aromatic carbocycles. The van der Waals surface area contributed by atoms with Gasteiger partial charge < -0.3 is 19.9 Å². The summed E-state index contributed by atoms with van der Waals surface area (Å²) in [6.07, 6.45) is 0. The van der Waals surface area contributed by atoms with Crippen LogP contribution in [-0.2, 0) is 9.53 Å². The second kappa shape index (κ2) is 7.93. The number of morpholine rings is 1. The molecule has 2 N–H and O–H groups in total. The molecule has 1 aliphatic rings. The fraction of sp³-hybridized carbons (Fsp3) is 0.364. The zero-order chi connectivity index (χ0) is 20.5. The molecule has 1 atom stereocenters. The van der Waals surface area contributed by atoms with Crippen LogP contribution in [0.3, 0.4) is 0 Å². The van der Waals surface area contributed by atoms with Gasteiger partial charge in [0.25, 0.3) is 0 Å². The van der Waals surface area contributed by atoms with Crippen molar-refractivity contribution in [2.75, 3.05) is 25.1 Å². The van der Waals surface area contributed by atoms with Gasteiger partial charge in [-0.15, -0.1) is 0 Å². The lowest BCUT2D eigenvalue weighted by atomic mass is 10.1. The topological polar surface area (TPSA) is 68.2 Å². The number of rotatable bonds is 4. The Hall–Kier alpha value is -2.77. The molecule has 3 aromatic rings. The zero-order valence-corrected chi connectivity index (χ0v) is 16.8. The molecule has 29 heavy (non-hydrogen) atoms. The van der Waals surface area contributed by atoms with Crippen molar-refractivity contribution in [1.82, 2.24) is 14.9 Å². The van der Waals surface area contributed by atoms with Gasteiger partial charge in [-0.05, 0) is 62.7 Å². The minimum Gasteiger partial charge on any atom is -0.378 e. The van der Waals surface area contributed by atoms with Crippen LogP contribution in [0, 0.1) is 12.7 Å². The standard InChI is InChI=1S/C22H25FN4O2/c1-13(2)27-20-11-16(23)5-7-18(20)25-21(27)15-4-6-17(14(3)10-15)26-22(28)19-12-29-9-8-24-19/h4-7,10-11,13,19,24H,8-9,12H2,1-3H3,(H,26,28). The minimum absolute atomic E-state index is 0.106. The summed E-state index contributed by atoms with van der Waals surface area (Å²) in [5.41, 5.74) is 4.14. The van der Waals surface area contributed by atoms with Gasteiger partial charge in [0.15, 0.2) is 0 Å². The first kappa shape index (κ1) is 19.5. The smallest absolute Gasteiger partial charge is 0.243 e. The number of aromatic nitrogens is 2. The number of carbonyl (C=O) groups is 1. The lowest BCUT2D eigenvalue weighted by Gasteiger charge is -2.23. The van der Waals surface area contributed by atoms with Crippen molar-refractivity contribution in [1.29, 1.82) is 0 Å². The van der Waals surface area contributed by atoms with Crippen LogP contribution in [-0.4, -0.2) is 41.3 Å². The lowest BCUT2D eigenvalue weighted by Crippen LogP contribution is -2.48. The van der Waals surface area contributed by atoms with E-state index < -0.39 is 0 Å². The maximum Gasteiger partial charge on any atom is 0.243 e. The molecule has 1 fully saturated rings. The highest BCUT2D eigenvalue weighted by Crippen LogP contribution is 2.31. The molecule has 2 heterocycles. The van der Waals surface area contributed by atoms with E-state index in [1.54, 1.807) is 6.07 Å². The summed E-state index contributed by atoms with van der Waals surface area (Å²) in [6.45, 7) is 7.72. The maximum absolute atomic E-state index is 13.8. The van der Waals surface area contributed by atoms with Gasteiger partial charge >= 0.3 is 0 Å².